The summed E-state index contributed by atoms with van der Waals surface area (Å²) in [4.78, 5) is 10.7. The lowest BCUT2D eigenvalue weighted by molar-refractivity contribution is -0.143. The predicted molar refractivity (Wildman–Crippen MR) is 59.4 cm³/mol. The molecule has 1 aromatic carbocycles. The molecule has 0 aliphatic carbocycles. The van der Waals surface area contributed by atoms with Crippen LogP contribution in [0, 0.1) is 0 Å². The van der Waals surface area contributed by atoms with E-state index in [2.05, 4.69) is 10.2 Å². The highest BCUT2D eigenvalue weighted by molar-refractivity contribution is 5.85. The van der Waals surface area contributed by atoms with Gasteiger partial charge < -0.3 is 0 Å². The second kappa shape index (κ2) is 4.90. The number of nitrogens with zero attached hydrogens (tertiary/aromatic N) is 1. The summed E-state index contributed by atoms with van der Waals surface area (Å²) in [6.07, 6.45) is -8.60. The van der Waals surface area contributed by atoms with E-state index in [0.29, 0.717) is 12.1 Å². The third-order valence-electron chi connectivity index (χ3n) is 2.67. The van der Waals surface area contributed by atoms with Crippen LogP contribution in [0.5, 0.6) is 0 Å². The molecule has 2 rings (SSSR count). The highest BCUT2D eigenvalue weighted by atomic mass is 19.4. The Morgan fingerprint density at radius 1 is 0.952 bits per heavy atom. The first kappa shape index (κ1) is 15.1. The zero-order valence-corrected chi connectivity index (χ0v) is 10.0. The predicted octanol–water partition coefficient (Wildman–Crippen LogP) is 3.93. The topological polar surface area (TPSA) is 45.8 Å². The average molecular weight is 308 g/mol. The molecule has 2 aromatic rings. The normalized spacial score (nSPS) is 12.5. The molecule has 0 fully saturated rings. The second-order valence-corrected chi connectivity index (χ2v) is 4.11. The van der Waals surface area contributed by atoms with E-state index >= 15 is 0 Å². The van der Waals surface area contributed by atoms with Crippen LogP contribution >= 0.6 is 0 Å². The van der Waals surface area contributed by atoms with Gasteiger partial charge in [-0.2, -0.15) is 31.4 Å². The number of nitrogens with one attached hydrogen (secondary N) is 1. The highest BCUT2D eigenvalue weighted by Gasteiger charge is 2.37. The quantitative estimate of drug-likeness (QED) is 0.675. The molecule has 0 saturated heterocycles. The summed E-state index contributed by atoms with van der Waals surface area (Å²) in [6.45, 7) is 0. The van der Waals surface area contributed by atoms with Gasteiger partial charge in [0.2, 0.25) is 0 Å². The molecule has 0 aliphatic rings. The number of alkyl halides is 6. The molecule has 9 heteroatoms. The van der Waals surface area contributed by atoms with E-state index in [0.717, 1.165) is 6.20 Å². The molecule has 0 radical (unpaired) electrons. The first-order valence-electron chi connectivity index (χ1n) is 5.41. The molecule has 112 valence electrons. The Labute approximate surface area is 113 Å². The van der Waals surface area contributed by atoms with Crippen LogP contribution < -0.4 is 0 Å². The number of halogens is 6. The van der Waals surface area contributed by atoms with Gasteiger partial charge in [-0.05, 0) is 18.2 Å². The molecule has 0 amide bonds. The maximum atomic E-state index is 12.7. The zero-order valence-electron chi connectivity index (χ0n) is 10.0. The van der Waals surface area contributed by atoms with Gasteiger partial charge in [-0.1, -0.05) is 0 Å². The van der Waals surface area contributed by atoms with Crippen molar-refractivity contribution in [2.75, 3.05) is 0 Å². The van der Waals surface area contributed by atoms with Gasteiger partial charge in [-0.15, -0.1) is 0 Å². The molecule has 0 spiro atoms. The molecule has 1 N–H and O–H groups in total. The van der Waals surface area contributed by atoms with E-state index in [4.69, 9.17) is 0 Å². The van der Waals surface area contributed by atoms with Gasteiger partial charge in [-0.3, -0.25) is 9.89 Å². The number of aldehydes is 1. The number of carbonyl (C=O) groups is 1. The van der Waals surface area contributed by atoms with E-state index < -0.39 is 29.0 Å². The molecule has 0 unspecified atom stereocenters. The van der Waals surface area contributed by atoms with E-state index in [1.807, 2.05) is 0 Å². The summed E-state index contributed by atoms with van der Waals surface area (Å²) >= 11 is 0. The largest absolute Gasteiger partial charge is 0.416 e. The lowest BCUT2D eigenvalue weighted by atomic mass is 10.0. The third kappa shape index (κ3) is 3.06. The number of aromatic nitrogens is 2. The van der Waals surface area contributed by atoms with E-state index in [9.17, 15) is 31.1 Å². The molecule has 3 nitrogen and oxygen atoms in total. The minimum atomic E-state index is -4.95. The fraction of sp³-hybridized carbons (Fsp3) is 0.167. The minimum absolute atomic E-state index is 0.0143. The summed E-state index contributed by atoms with van der Waals surface area (Å²) in [5.41, 5.74) is -3.68. The summed E-state index contributed by atoms with van der Waals surface area (Å²) in [7, 11) is 0. The van der Waals surface area contributed by atoms with Gasteiger partial charge in [-0.25, -0.2) is 0 Å². The van der Waals surface area contributed by atoms with Crippen LogP contribution in [0.2, 0.25) is 0 Å². The molecule has 1 heterocycles. The van der Waals surface area contributed by atoms with Crippen LogP contribution in [-0.4, -0.2) is 16.5 Å². The molecule has 1 aromatic heterocycles. The van der Waals surface area contributed by atoms with Crippen LogP contribution in [0.1, 0.15) is 21.5 Å². The van der Waals surface area contributed by atoms with Crippen molar-refractivity contribution in [3.8, 4) is 11.3 Å². The number of aromatic amines is 1. The Hall–Kier alpha value is -2.32. The second-order valence-electron chi connectivity index (χ2n) is 4.11. The number of H-pyrrole nitrogens is 1. The van der Waals surface area contributed by atoms with Crippen molar-refractivity contribution in [3.05, 3.63) is 41.1 Å². The standard InChI is InChI=1S/C12H6F6N2O/c13-11(14,15)8-1-6(2-9(3-8)12(16,17)18)10-7(5-21)4-19-20-10/h1-5H,(H,19,20). The fourth-order valence-electron chi connectivity index (χ4n) is 1.72. The van der Waals surface area contributed by atoms with Crippen molar-refractivity contribution in [1.82, 2.24) is 10.2 Å². The van der Waals surface area contributed by atoms with Crippen molar-refractivity contribution in [2.24, 2.45) is 0 Å². The molecular weight excluding hydrogens is 302 g/mol. The number of hydrogen-bond acceptors (Lipinski definition) is 2. The maximum Gasteiger partial charge on any atom is 0.416 e. The average Bonchev–Trinajstić information content (AvgIpc) is 2.84. The van der Waals surface area contributed by atoms with Crippen molar-refractivity contribution in [2.45, 2.75) is 12.4 Å². The molecule has 0 aliphatic heterocycles. The van der Waals surface area contributed by atoms with Crippen molar-refractivity contribution in [1.29, 1.82) is 0 Å². The Kier molecular flexibility index (Phi) is 3.52. The SMILES string of the molecule is O=Cc1cn[nH]c1-c1cc(C(F)(F)F)cc(C(F)(F)F)c1. The van der Waals surface area contributed by atoms with Gasteiger partial charge in [0.05, 0.1) is 28.6 Å². The van der Waals surface area contributed by atoms with Crippen LogP contribution in [0.4, 0.5) is 26.3 Å². The number of hydrogen-bond donors (Lipinski definition) is 1. The summed E-state index contributed by atoms with van der Waals surface area (Å²) in [6, 6.07) is 1.06. The van der Waals surface area contributed by atoms with Gasteiger partial charge >= 0.3 is 12.4 Å². The van der Waals surface area contributed by atoms with Gasteiger partial charge in [0.1, 0.15) is 0 Å². The van der Waals surface area contributed by atoms with Gasteiger partial charge in [0.15, 0.2) is 6.29 Å². The summed E-state index contributed by atoms with van der Waals surface area (Å²) in [5.74, 6) is 0. The molecule has 0 atom stereocenters. The van der Waals surface area contributed by atoms with E-state index in [1.54, 1.807) is 0 Å². The van der Waals surface area contributed by atoms with Crippen LogP contribution in [0.15, 0.2) is 24.4 Å². The Morgan fingerprint density at radius 3 is 1.90 bits per heavy atom. The maximum absolute atomic E-state index is 12.7. The molecule has 0 bridgehead atoms. The molecular formula is C12H6F6N2O. The van der Waals surface area contributed by atoms with Crippen molar-refractivity contribution in [3.63, 3.8) is 0 Å². The molecule has 21 heavy (non-hydrogen) atoms. The lowest BCUT2D eigenvalue weighted by Gasteiger charge is -2.13. The van der Waals surface area contributed by atoms with Crippen LogP contribution in [0.25, 0.3) is 11.3 Å². The Bertz CT molecular complexity index is 639. The smallest absolute Gasteiger partial charge is 0.298 e. The lowest BCUT2D eigenvalue weighted by Crippen LogP contribution is -2.11. The van der Waals surface area contributed by atoms with Gasteiger partial charge in [0.25, 0.3) is 0 Å². The number of carbonyl (C=O) groups excluding carboxylic acids is 1. The van der Waals surface area contributed by atoms with Crippen molar-refractivity contribution < 1.29 is 31.1 Å². The summed E-state index contributed by atoms with van der Waals surface area (Å²) < 4.78 is 76.2. The van der Waals surface area contributed by atoms with E-state index in [-0.39, 0.29) is 23.6 Å². The third-order valence-corrected chi connectivity index (χ3v) is 2.67. The Morgan fingerprint density at radius 2 is 1.48 bits per heavy atom. The fourth-order valence-corrected chi connectivity index (χ4v) is 1.72. The first-order chi connectivity index (χ1) is 9.63. The Balaban J connectivity index is 2.69. The first-order valence-corrected chi connectivity index (χ1v) is 5.41. The number of rotatable bonds is 2. The van der Waals surface area contributed by atoms with Crippen LogP contribution in [0.3, 0.4) is 0 Å². The van der Waals surface area contributed by atoms with E-state index in [1.165, 1.54) is 0 Å². The monoisotopic (exact) mass is 308 g/mol. The number of benzene rings is 1. The minimum Gasteiger partial charge on any atom is -0.298 e. The molecule has 0 saturated carbocycles. The van der Waals surface area contributed by atoms with Gasteiger partial charge in [0, 0.05) is 5.56 Å². The highest BCUT2D eigenvalue weighted by Crippen LogP contribution is 2.38. The summed E-state index contributed by atoms with van der Waals surface area (Å²) in [5, 5.41) is 5.65. The van der Waals surface area contributed by atoms with Crippen LogP contribution in [-0.2, 0) is 12.4 Å². The zero-order chi connectivity index (χ0) is 15.8. The van der Waals surface area contributed by atoms with Crippen molar-refractivity contribution >= 4 is 6.29 Å².